The molecule has 1 unspecified atom stereocenters. The van der Waals surface area contributed by atoms with E-state index in [2.05, 4.69) is 55.1 Å². The molecule has 2 N–H and O–H groups in total. The van der Waals surface area contributed by atoms with Gasteiger partial charge in [-0.1, -0.05) is 0 Å². The fraction of sp³-hybridized carbons (Fsp3) is 0.737. The van der Waals surface area contributed by atoms with Crippen LogP contribution in [0.3, 0.4) is 0 Å². The Bertz CT molecular complexity index is 474. The second-order valence-corrected chi connectivity index (χ2v) is 7.07. The highest BCUT2D eigenvalue weighted by molar-refractivity contribution is 5.79. The van der Waals surface area contributed by atoms with E-state index in [1.807, 2.05) is 26.2 Å². The van der Waals surface area contributed by atoms with Gasteiger partial charge in [-0.3, -0.25) is 14.8 Å². The van der Waals surface area contributed by atoms with Gasteiger partial charge in [0, 0.05) is 31.7 Å². The van der Waals surface area contributed by atoms with E-state index in [9.17, 15) is 0 Å². The topological polar surface area (TPSA) is 56.0 Å². The van der Waals surface area contributed by atoms with Crippen LogP contribution in [0.1, 0.15) is 46.4 Å². The van der Waals surface area contributed by atoms with Crippen LogP contribution in [0.25, 0.3) is 0 Å². The number of guanidine groups is 1. The van der Waals surface area contributed by atoms with Crippen molar-refractivity contribution in [2.75, 3.05) is 40.3 Å². The van der Waals surface area contributed by atoms with Crippen molar-refractivity contribution in [2.45, 2.75) is 52.7 Å². The van der Waals surface area contributed by atoms with Crippen LogP contribution in [0.5, 0.6) is 0 Å². The Labute approximate surface area is 153 Å². The summed E-state index contributed by atoms with van der Waals surface area (Å²) >= 11 is 0. The minimum atomic E-state index is 0.133. The van der Waals surface area contributed by atoms with Gasteiger partial charge in [0.1, 0.15) is 5.76 Å². The number of hydrogen-bond donors (Lipinski definition) is 2. The summed E-state index contributed by atoms with van der Waals surface area (Å²) in [7, 11) is 4.10. The van der Waals surface area contributed by atoms with E-state index in [1.54, 1.807) is 6.26 Å². The molecule has 1 rings (SSSR count). The van der Waals surface area contributed by atoms with E-state index in [0.717, 1.165) is 31.4 Å². The zero-order valence-electron chi connectivity index (χ0n) is 17.0. The molecule has 1 heterocycles. The van der Waals surface area contributed by atoms with E-state index in [4.69, 9.17) is 9.41 Å². The SMILES string of the molecule is CCNC(=NCC(c1ccco1)N(C)C)NCCN(C(C)C)C(C)C. The van der Waals surface area contributed by atoms with Crippen molar-refractivity contribution in [3.05, 3.63) is 24.2 Å². The first-order chi connectivity index (χ1) is 11.9. The molecule has 0 radical (unpaired) electrons. The number of aliphatic imine (C=N–C) groups is 1. The molecule has 144 valence electrons. The van der Waals surface area contributed by atoms with Gasteiger partial charge < -0.3 is 15.1 Å². The summed E-state index contributed by atoms with van der Waals surface area (Å²) in [5, 5.41) is 6.77. The highest BCUT2D eigenvalue weighted by atomic mass is 16.3. The normalized spacial score (nSPS) is 14.0. The molecule has 0 spiro atoms. The van der Waals surface area contributed by atoms with Crippen molar-refractivity contribution in [3.8, 4) is 0 Å². The molecule has 0 amide bonds. The Kier molecular flexibility index (Phi) is 9.60. The van der Waals surface area contributed by atoms with Crippen molar-refractivity contribution >= 4 is 5.96 Å². The Balaban J connectivity index is 2.63. The monoisotopic (exact) mass is 351 g/mol. The molecule has 1 aromatic rings. The van der Waals surface area contributed by atoms with Gasteiger partial charge in [-0.05, 0) is 60.8 Å². The summed E-state index contributed by atoms with van der Waals surface area (Å²) in [6, 6.07) is 5.14. The maximum absolute atomic E-state index is 5.56. The van der Waals surface area contributed by atoms with Crippen LogP contribution in [0, 0.1) is 0 Å². The highest BCUT2D eigenvalue weighted by Crippen LogP contribution is 2.18. The van der Waals surface area contributed by atoms with E-state index >= 15 is 0 Å². The molecule has 0 aliphatic heterocycles. The third-order valence-electron chi connectivity index (χ3n) is 4.25. The molecule has 0 aliphatic rings. The van der Waals surface area contributed by atoms with Crippen molar-refractivity contribution in [2.24, 2.45) is 4.99 Å². The summed E-state index contributed by atoms with van der Waals surface area (Å²) in [5.41, 5.74) is 0. The Morgan fingerprint density at radius 2 is 1.84 bits per heavy atom. The van der Waals surface area contributed by atoms with Crippen LogP contribution in [0.15, 0.2) is 27.8 Å². The van der Waals surface area contributed by atoms with Gasteiger partial charge >= 0.3 is 0 Å². The number of furan rings is 1. The zero-order chi connectivity index (χ0) is 18.8. The van der Waals surface area contributed by atoms with Gasteiger partial charge in [-0.15, -0.1) is 0 Å². The number of nitrogens with one attached hydrogen (secondary N) is 2. The van der Waals surface area contributed by atoms with Crippen LogP contribution in [0.4, 0.5) is 0 Å². The largest absolute Gasteiger partial charge is 0.468 e. The van der Waals surface area contributed by atoms with Gasteiger partial charge in [0.25, 0.3) is 0 Å². The van der Waals surface area contributed by atoms with Crippen molar-refractivity contribution < 1.29 is 4.42 Å². The first-order valence-corrected chi connectivity index (χ1v) is 9.34. The first-order valence-electron chi connectivity index (χ1n) is 9.34. The highest BCUT2D eigenvalue weighted by Gasteiger charge is 2.17. The minimum Gasteiger partial charge on any atom is -0.468 e. The molecule has 0 saturated carbocycles. The molecule has 6 heteroatoms. The Hall–Kier alpha value is -1.53. The van der Waals surface area contributed by atoms with Crippen LogP contribution in [-0.4, -0.2) is 68.1 Å². The van der Waals surface area contributed by atoms with Crippen molar-refractivity contribution in [3.63, 3.8) is 0 Å². The molecule has 25 heavy (non-hydrogen) atoms. The Morgan fingerprint density at radius 1 is 1.16 bits per heavy atom. The summed E-state index contributed by atoms with van der Waals surface area (Å²) in [5.74, 6) is 1.80. The van der Waals surface area contributed by atoms with E-state index < -0.39 is 0 Å². The van der Waals surface area contributed by atoms with Crippen molar-refractivity contribution in [1.29, 1.82) is 0 Å². The molecule has 0 saturated heterocycles. The van der Waals surface area contributed by atoms with Gasteiger partial charge in [-0.2, -0.15) is 0 Å². The van der Waals surface area contributed by atoms with Crippen LogP contribution < -0.4 is 10.6 Å². The fourth-order valence-electron chi connectivity index (χ4n) is 2.92. The molecular formula is C19H37N5O. The maximum Gasteiger partial charge on any atom is 0.191 e. The number of nitrogens with zero attached hydrogens (tertiary/aromatic N) is 3. The average molecular weight is 352 g/mol. The summed E-state index contributed by atoms with van der Waals surface area (Å²) in [6.07, 6.45) is 1.71. The first kappa shape index (κ1) is 21.5. The smallest absolute Gasteiger partial charge is 0.191 e. The number of likely N-dealkylation sites (N-methyl/N-ethyl adjacent to an activating group) is 1. The molecule has 0 bridgehead atoms. The molecular weight excluding hydrogens is 314 g/mol. The molecule has 0 aromatic carbocycles. The predicted molar refractivity (Wildman–Crippen MR) is 106 cm³/mol. The zero-order valence-corrected chi connectivity index (χ0v) is 17.0. The molecule has 1 aromatic heterocycles. The van der Waals surface area contributed by atoms with Gasteiger partial charge in [0.05, 0.1) is 18.8 Å². The Morgan fingerprint density at radius 3 is 2.32 bits per heavy atom. The molecule has 0 aliphatic carbocycles. The van der Waals surface area contributed by atoms with Gasteiger partial charge in [-0.25, -0.2) is 0 Å². The third-order valence-corrected chi connectivity index (χ3v) is 4.25. The van der Waals surface area contributed by atoms with Gasteiger partial charge in [0.2, 0.25) is 0 Å². The lowest BCUT2D eigenvalue weighted by atomic mass is 10.2. The molecule has 1 atom stereocenters. The molecule has 6 nitrogen and oxygen atoms in total. The summed E-state index contributed by atoms with van der Waals surface area (Å²) in [6.45, 7) is 14.4. The standard InChI is InChI=1S/C19H37N5O/c1-8-20-19(21-11-12-24(15(2)3)16(4)5)22-14-17(23(6)7)18-10-9-13-25-18/h9-10,13,15-17H,8,11-12,14H2,1-7H3,(H2,20,21,22). The van der Waals surface area contributed by atoms with Crippen LogP contribution in [-0.2, 0) is 0 Å². The minimum absolute atomic E-state index is 0.133. The van der Waals surface area contributed by atoms with Gasteiger partial charge in [0.15, 0.2) is 5.96 Å². The van der Waals surface area contributed by atoms with E-state index in [1.165, 1.54) is 0 Å². The predicted octanol–water partition coefficient (Wildman–Crippen LogP) is 2.56. The lowest BCUT2D eigenvalue weighted by Crippen LogP contribution is -2.45. The maximum atomic E-state index is 5.56. The van der Waals surface area contributed by atoms with E-state index in [0.29, 0.717) is 18.6 Å². The van der Waals surface area contributed by atoms with Crippen LogP contribution in [0.2, 0.25) is 0 Å². The average Bonchev–Trinajstić information content (AvgIpc) is 3.04. The lowest BCUT2D eigenvalue weighted by Gasteiger charge is -2.30. The van der Waals surface area contributed by atoms with Crippen LogP contribution >= 0.6 is 0 Å². The summed E-state index contributed by atoms with van der Waals surface area (Å²) < 4.78 is 5.56. The van der Waals surface area contributed by atoms with E-state index in [-0.39, 0.29) is 6.04 Å². The molecule has 0 fully saturated rings. The third kappa shape index (κ3) is 7.48. The number of rotatable bonds is 10. The fourth-order valence-corrected chi connectivity index (χ4v) is 2.92. The summed E-state index contributed by atoms with van der Waals surface area (Å²) in [4.78, 5) is 9.36. The second kappa shape index (κ2) is 11.2. The quantitative estimate of drug-likeness (QED) is 0.501. The second-order valence-electron chi connectivity index (χ2n) is 7.07. The lowest BCUT2D eigenvalue weighted by molar-refractivity contribution is 0.178. The number of hydrogen-bond acceptors (Lipinski definition) is 4. The van der Waals surface area contributed by atoms with Crippen molar-refractivity contribution in [1.82, 2.24) is 20.4 Å².